The molecule has 1 N–H and O–H groups in total. The molecule has 22 heavy (non-hydrogen) atoms. The Bertz CT molecular complexity index is 360. The van der Waals surface area contributed by atoms with Crippen LogP contribution in [0, 0.1) is 37.7 Å². The summed E-state index contributed by atoms with van der Waals surface area (Å²) >= 11 is 0. The van der Waals surface area contributed by atoms with E-state index in [1.54, 1.807) is 0 Å². The molecule has 5 nitrogen and oxygen atoms in total. The van der Waals surface area contributed by atoms with Crippen LogP contribution in [-0.4, -0.2) is 48.0 Å². The zero-order valence-electron chi connectivity index (χ0n) is 13.3. The average molecular weight is 534 g/mol. The molecule has 0 aromatic carbocycles. The van der Waals surface area contributed by atoms with E-state index >= 15 is 0 Å². The van der Waals surface area contributed by atoms with Gasteiger partial charge in [-0.15, -0.1) is 0 Å². The third-order valence-electron chi connectivity index (χ3n) is 3.74. The van der Waals surface area contributed by atoms with Crippen molar-refractivity contribution in [3.63, 3.8) is 0 Å². The van der Waals surface area contributed by atoms with Crippen molar-refractivity contribution in [1.29, 1.82) is 0 Å². The summed E-state index contributed by atoms with van der Waals surface area (Å²) in [5.74, 6) is 0.128. The van der Waals surface area contributed by atoms with Gasteiger partial charge in [0, 0.05) is 50.5 Å². The number of hydrogen-bond acceptors (Lipinski definition) is 5. The number of likely N-dealkylation sites (tertiary alicyclic amines) is 1. The van der Waals surface area contributed by atoms with Gasteiger partial charge >= 0.3 is 5.97 Å². The van der Waals surface area contributed by atoms with Crippen LogP contribution in [-0.2, 0) is 14.3 Å². The number of esters is 1. The number of unbranched alkanes of at least 4 members (excludes halogenated alkanes) is 2. The molecule has 0 unspecified atom stereocenters. The van der Waals surface area contributed by atoms with Gasteiger partial charge < -0.3 is 9.84 Å². The Kier molecular flexibility index (Phi) is 13.2. The number of aliphatic hydroxyl groups is 1. The van der Waals surface area contributed by atoms with E-state index < -0.39 is 0 Å². The summed E-state index contributed by atoms with van der Waals surface area (Å²) in [6, 6.07) is -0.0134. The third-order valence-corrected chi connectivity index (χ3v) is 3.74. The number of hydrogen-bond donors (Lipinski definition) is 1. The molecule has 0 spiro atoms. The second-order valence-corrected chi connectivity index (χ2v) is 5.27. The normalized spacial score (nSPS) is 18.6. The summed E-state index contributed by atoms with van der Waals surface area (Å²) in [5.41, 5.74) is 0. The van der Waals surface area contributed by atoms with Gasteiger partial charge in [0.15, 0.2) is 5.78 Å². The molecular formula is C16H26NO4U-. The van der Waals surface area contributed by atoms with Gasteiger partial charge in [0.1, 0.15) is 0 Å². The first kappa shape index (κ1) is 21.9. The summed E-state index contributed by atoms with van der Waals surface area (Å²) in [7, 11) is 1.40. The first-order valence-electron chi connectivity index (χ1n) is 7.63. The third kappa shape index (κ3) is 8.48. The van der Waals surface area contributed by atoms with Crippen LogP contribution in [0.2, 0.25) is 0 Å². The van der Waals surface area contributed by atoms with Crippen LogP contribution in [0.4, 0.5) is 0 Å². The number of ether oxygens (including phenoxy) is 1. The van der Waals surface area contributed by atoms with E-state index in [-0.39, 0.29) is 43.1 Å². The van der Waals surface area contributed by atoms with Gasteiger partial charge in [-0.3, -0.25) is 14.5 Å². The van der Waals surface area contributed by atoms with Crippen LogP contribution in [0.5, 0.6) is 0 Å². The van der Waals surface area contributed by atoms with E-state index in [4.69, 9.17) is 5.11 Å². The number of nitrogens with zero attached hydrogens (tertiary/aromatic N) is 1. The van der Waals surface area contributed by atoms with E-state index in [1.807, 2.05) is 12.2 Å². The maximum Gasteiger partial charge on any atom is 0.305 e. The van der Waals surface area contributed by atoms with Crippen molar-refractivity contribution in [3.05, 3.63) is 18.8 Å². The quantitative estimate of drug-likeness (QED) is 0.202. The Balaban J connectivity index is 0.00000441. The van der Waals surface area contributed by atoms with Crippen LogP contribution in [0.3, 0.4) is 0 Å². The van der Waals surface area contributed by atoms with E-state index in [1.165, 1.54) is 13.7 Å². The molecule has 0 aromatic heterocycles. The van der Waals surface area contributed by atoms with Gasteiger partial charge in [-0.25, -0.2) is 6.61 Å². The number of aliphatic hydroxyl groups excluding tert-OH is 1. The van der Waals surface area contributed by atoms with Crippen molar-refractivity contribution < 1.29 is 50.5 Å². The SMILES string of the molecule is COC(=O)CCC/C=C\C[C@H]1C(=O)CCN1CCC[CH-]O.[U]. The number of carbonyl (C=O) groups excluding carboxylic acids is 2. The number of Topliss-reactive ketones (excluding diaryl/α,β-unsaturated/α-hetero) is 1. The predicted octanol–water partition coefficient (Wildman–Crippen LogP) is 2.23. The van der Waals surface area contributed by atoms with Crippen LogP contribution in [0.1, 0.15) is 44.9 Å². The van der Waals surface area contributed by atoms with Crippen molar-refractivity contribution in [2.24, 2.45) is 0 Å². The van der Waals surface area contributed by atoms with Gasteiger partial charge in [0.2, 0.25) is 0 Å². The average Bonchev–Trinajstić information content (AvgIpc) is 2.83. The van der Waals surface area contributed by atoms with Crippen molar-refractivity contribution in [2.45, 2.75) is 51.0 Å². The smallest absolute Gasteiger partial charge is 0.305 e. The Morgan fingerprint density at radius 2 is 2.23 bits per heavy atom. The van der Waals surface area contributed by atoms with Crippen LogP contribution in [0.25, 0.3) is 0 Å². The van der Waals surface area contributed by atoms with E-state index in [2.05, 4.69) is 9.64 Å². The van der Waals surface area contributed by atoms with E-state index in [9.17, 15) is 9.59 Å². The van der Waals surface area contributed by atoms with E-state index in [0.717, 1.165) is 38.8 Å². The number of rotatable bonds is 10. The molecule has 0 saturated carbocycles. The van der Waals surface area contributed by atoms with Gasteiger partial charge in [-0.05, 0) is 25.8 Å². The van der Waals surface area contributed by atoms with Gasteiger partial charge in [-0.1, -0.05) is 18.6 Å². The van der Waals surface area contributed by atoms with Gasteiger partial charge in [-0.2, -0.15) is 6.42 Å². The zero-order valence-corrected chi connectivity index (χ0v) is 17.5. The zero-order chi connectivity index (χ0) is 15.5. The van der Waals surface area contributed by atoms with Crippen molar-refractivity contribution in [3.8, 4) is 0 Å². The molecular weight excluding hydrogens is 508 g/mol. The molecule has 0 aliphatic carbocycles. The molecule has 124 valence electrons. The minimum absolute atomic E-state index is 0. The standard InChI is InChI=1S/C16H26NO4.U/c1-21-16(20)9-5-3-2-4-8-14-15(19)10-12-17(14)11-6-7-13-18;/h2,4,13-14,18H,3,5-12H2,1H3;/q-1;/b4-2-;/t14-;/m0./s1. The Hall–Kier alpha value is -0.148. The second kappa shape index (κ2) is 13.3. The van der Waals surface area contributed by atoms with Gasteiger partial charge in [0.25, 0.3) is 0 Å². The van der Waals surface area contributed by atoms with Crippen LogP contribution >= 0.6 is 0 Å². The Morgan fingerprint density at radius 3 is 2.91 bits per heavy atom. The molecule has 1 aliphatic rings. The minimum Gasteiger partial charge on any atom is -0.566 e. The molecule has 0 radical (unpaired) electrons. The fraction of sp³-hybridized carbons (Fsp3) is 0.688. The molecule has 0 amide bonds. The Labute approximate surface area is 156 Å². The summed E-state index contributed by atoms with van der Waals surface area (Å²) in [5, 5.41) is 8.68. The molecule has 6 heteroatoms. The largest absolute Gasteiger partial charge is 0.566 e. The molecule has 1 rings (SSSR count). The fourth-order valence-electron chi connectivity index (χ4n) is 2.52. The number of carbonyl (C=O) groups is 2. The van der Waals surface area contributed by atoms with Crippen molar-refractivity contribution in [2.75, 3.05) is 20.2 Å². The monoisotopic (exact) mass is 534 g/mol. The molecule has 1 fully saturated rings. The molecule has 0 bridgehead atoms. The summed E-state index contributed by atoms with van der Waals surface area (Å²) in [6.07, 6.45) is 9.03. The first-order chi connectivity index (χ1) is 10.2. The minimum atomic E-state index is -0.179. The maximum atomic E-state index is 11.9. The second-order valence-electron chi connectivity index (χ2n) is 5.27. The summed E-state index contributed by atoms with van der Waals surface area (Å²) in [6.45, 7) is 2.85. The molecule has 1 atom stereocenters. The number of ketones is 1. The first-order valence-corrected chi connectivity index (χ1v) is 7.63. The van der Waals surface area contributed by atoms with E-state index in [0.29, 0.717) is 25.0 Å². The number of allylic oxidation sites excluding steroid dienone is 1. The van der Waals surface area contributed by atoms with Crippen LogP contribution in [0.15, 0.2) is 12.2 Å². The van der Waals surface area contributed by atoms with Gasteiger partial charge in [0.05, 0.1) is 13.2 Å². The molecule has 1 saturated heterocycles. The fourth-order valence-corrected chi connectivity index (χ4v) is 2.52. The summed E-state index contributed by atoms with van der Waals surface area (Å²) < 4.78 is 4.58. The van der Waals surface area contributed by atoms with Crippen molar-refractivity contribution >= 4 is 11.8 Å². The topological polar surface area (TPSA) is 66.8 Å². The van der Waals surface area contributed by atoms with Crippen LogP contribution < -0.4 is 0 Å². The number of methoxy groups -OCH3 is 1. The summed E-state index contributed by atoms with van der Waals surface area (Å²) in [4.78, 5) is 25.0. The Morgan fingerprint density at radius 1 is 1.45 bits per heavy atom. The molecule has 0 aromatic rings. The van der Waals surface area contributed by atoms with Crippen molar-refractivity contribution in [1.82, 2.24) is 4.90 Å². The predicted molar refractivity (Wildman–Crippen MR) is 80.1 cm³/mol. The maximum absolute atomic E-state index is 11.9. The molecule has 1 aliphatic heterocycles. The molecule has 1 heterocycles.